The first-order valence-corrected chi connectivity index (χ1v) is 18.5. The topological polar surface area (TPSA) is 43.6 Å². The van der Waals surface area contributed by atoms with Crippen LogP contribution < -0.4 is 0 Å². The highest BCUT2D eigenvalue weighted by Gasteiger charge is 2.22. The van der Waals surface area contributed by atoms with Gasteiger partial charge in [0.1, 0.15) is 0 Å². The monoisotopic (exact) mass is 744 g/mol. The molecule has 12 aromatic rings. The lowest BCUT2D eigenvalue weighted by Crippen LogP contribution is -2.07. The van der Waals surface area contributed by atoms with Crippen LogP contribution in [0.4, 0.5) is 0 Å². The van der Waals surface area contributed by atoms with Gasteiger partial charge in [-0.1, -0.05) is 164 Å². The van der Waals surface area contributed by atoms with Gasteiger partial charge in [0.15, 0.2) is 11.6 Å². The van der Waals surface area contributed by atoms with Crippen LogP contribution in [0.15, 0.2) is 182 Å². The zero-order valence-corrected chi connectivity index (χ0v) is 29.8. The Morgan fingerprint density at radius 3 is 1.79 bits per heavy atom. The SMILES string of the molecule is [2H]c1c([2H])c([2H])c2c(sc3c(-c4c([2H])c([2H])c([2H])c5c6c([2H])c([2H])c([2H])c([2H])c6n(-c6nc(-c7ccccc7)nc(-c7ccc8c9ccccc9c9ccccc9c8c7)n6)c45)c([2H])c([2H])c([2H])c32)c1[2H]. The molecular weight excluding hydrogens is 701 g/mol. The second-order valence-electron chi connectivity index (χ2n) is 13.3. The van der Waals surface area contributed by atoms with Gasteiger partial charge in [-0.3, -0.25) is 4.57 Å². The van der Waals surface area contributed by atoms with Gasteiger partial charge in [0.25, 0.3) is 0 Å². The number of para-hydroxylation sites is 2. The Hall–Kier alpha value is -7.21. The summed E-state index contributed by atoms with van der Waals surface area (Å²) in [5.41, 5.74) is 0.217. The molecule has 4 nitrogen and oxygen atoms in total. The van der Waals surface area contributed by atoms with E-state index in [-0.39, 0.29) is 70.7 Å². The van der Waals surface area contributed by atoms with Gasteiger partial charge in [-0.05, 0) is 50.5 Å². The van der Waals surface area contributed by atoms with Crippen molar-refractivity contribution < 1.29 is 19.2 Å². The van der Waals surface area contributed by atoms with Crippen molar-refractivity contribution in [1.82, 2.24) is 19.5 Å². The molecule has 0 unspecified atom stereocenters. The predicted molar refractivity (Wildman–Crippen MR) is 236 cm³/mol. The van der Waals surface area contributed by atoms with E-state index >= 15 is 0 Å². The number of aromatic nitrogens is 4. The normalized spacial score (nSPS) is 15.4. The summed E-state index contributed by atoms with van der Waals surface area (Å²) in [5.74, 6) is 0.0920. The third-order valence-electron chi connectivity index (χ3n) is 10.3. The van der Waals surface area contributed by atoms with Gasteiger partial charge in [0, 0.05) is 53.2 Å². The van der Waals surface area contributed by atoms with E-state index in [0.717, 1.165) is 43.7 Å². The number of fused-ring (bicyclic) bond motifs is 12. The van der Waals surface area contributed by atoms with Gasteiger partial charge in [0.05, 0.1) is 30.2 Å². The van der Waals surface area contributed by atoms with Crippen LogP contribution in [0.2, 0.25) is 0 Å². The van der Waals surface area contributed by atoms with E-state index in [4.69, 9.17) is 25.9 Å². The Labute approximate surface area is 345 Å². The summed E-state index contributed by atoms with van der Waals surface area (Å²) in [4.78, 5) is 15.0. The molecule has 260 valence electrons. The van der Waals surface area contributed by atoms with E-state index in [0.29, 0.717) is 11.1 Å². The molecule has 3 heterocycles. The summed E-state index contributed by atoms with van der Waals surface area (Å²) >= 11 is 0.822. The lowest BCUT2D eigenvalue weighted by atomic mass is 9.93. The Bertz CT molecular complexity index is 4330. The predicted octanol–water partition coefficient (Wildman–Crippen LogP) is 13.8. The highest BCUT2D eigenvalue weighted by molar-refractivity contribution is 7.26. The van der Waals surface area contributed by atoms with Crippen LogP contribution in [0.1, 0.15) is 19.2 Å². The molecule has 0 saturated heterocycles. The Kier molecular flexibility index (Phi) is 4.44. The summed E-state index contributed by atoms with van der Waals surface area (Å²) in [7, 11) is 0. The maximum absolute atomic E-state index is 9.65. The first kappa shape index (κ1) is 20.5. The Morgan fingerprint density at radius 2 is 1.02 bits per heavy atom. The average Bonchev–Trinajstić information content (AvgIpc) is 3.96. The van der Waals surface area contributed by atoms with Gasteiger partial charge in [-0.2, -0.15) is 9.97 Å². The fourth-order valence-corrected chi connectivity index (χ4v) is 8.88. The van der Waals surface area contributed by atoms with Crippen molar-refractivity contribution in [3.8, 4) is 39.9 Å². The first-order chi connectivity index (χ1) is 33.6. The number of thiophene rings is 1. The summed E-state index contributed by atoms with van der Waals surface area (Å²) in [6, 6.07) is 23.0. The van der Waals surface area contributed by atoms with Crippen LogP contribution >= 0.6 is 11.3 Å². The van der Waals surface area contributed by atoms with Crippen molar-refractivity contribution >= 4 is 85.6 Å². The molecule has 5 heteroatoms. The molecular formula is C51H30N4S. The maximum atomic E-state index is 9.65. The fourth-order valence-electron chi connectivity index (χ4n) is 7.81. The number of hydrogen-bond donors (Lipinski definition) is 0. The van der Waals surface area contributed by atoms with E-state index in [1.807, 2.05) is 54.6 Å². The van der Waals surface area contributed by atoms with Crippen LogP contribution in [0.3, 0.4) is 0 Å². The summed E-state index contributed by atoms with van der Waals surface area (Å²) in [5, 5.41) is 5.47. The molecule has 0 fully saturated rings. The zero-order valence-electron chi connectivity index (χ0n) is 42.9. The van der Waals surface area contributed by atoms with Crippen molar-refractivity contribution in [2.45, 2.75) is 0 Å². The lowest BCUT2D eigenvalue weighted by molar-refractivity contribution is 0.954. The first-order valence-electron chi connectivity index (χ1n) is 24.7. The molecule has 0 saturated carbocycles. The fraction of sp³-hybridized carbons (Fsp3) is 0. The molecule has 0 aliphatic heterocycles. The van der Waals surface area contributed by atoms with E-state index in [9.17, 15) is 8.22 Å². The second-order valence-corrected chi connectivity index (χ2v) is 14.3. The maximum Gasteiger partial charge on any atom is 0.238 e. The largest absolute Gasteiger partial charge is 0.277 e. The van der Waals surface area contributed by atoms with Gasteiger partial charge in [0.2, 0.25) is 5.95 Å². The number of nitrogens with zero attached hydrogens (tertiary/aromatic N) is 4. The quantitative estimate of drug-likeness (QED) is 0.169. The van der Waals surface area contributed by atoms with Crippen LogP contribution in [-0.4, -0.2) is 19.5 Å². The van der Waals surface area contributed by atoms with Crippen molar-refractivity contribution in [3.63, 3.8) is 0 Å². The van der Waals surface area contributed by atoms with Crippen LogP contribution in [0.5, 0.6) is 0 Å². The van der Waals surface area contributed by atoms with Gasteiger partial charge < -0.3 is 0 Å². The molecule has 3 aromatic heterocycles. The molecule has 12 rings (SSSR count). The highest BCUT2D eigenvalue weighted by atomic mass is 32.1. The van der Waals surface area contributed by atoms with E-state index in [1.54, 1.807) is 24.3 Å². The van der Waals surface area contributed by atoms with Crippen molar-refractivity contribution in [1.29, 1.82) is 0 Å². The van der Waals surface area contributed by atoms with Crippen LogP contribution in [-0.2, 0) is 0 Å². The van der Waals surface area contributed by atoms with Crippen LogP contribution in [0.25, 0.3) is 114 Å². The molecule has 0 aliphatic carbocycles. The molecule has 56 heavy (non-hydrogen) atoms. The molecule has 0 radical (unpaired) electrons. The molecule has 0 atom stereocenters. The summed E-state index contributed by atoms with van der Waals surface area (Å²) in [6.07, 6.45) is 0. The van der Waals surface area contributed by atoms with Gasteiger partial charge in [-0.15, -0.1) is 11.3 Å². The molecule has 0 N–H and O–H groups in total. The van der Waals surface area contributed by atoms with E-state index in [1.165, 1.54) is 4.57 Å². The van der Waals surface area contributed by atoms with Crippen LogP contribution in [0, 0.1) is 0 Å². The smallest absolute Gasteiger partial charge is 0.238 e. The van der Waals surface area contributed by atoms with Gasteiger partial charge >= 0.3 is 0 Å². The molecule has 0 bridgehead atoms. The zero-order chi connectivity index (χ0) is 48.9. The standard InChI is InChI=1S/C51H30N4S/c1-2-14-31(15-3-1)49-52-50(32-28-29-37-35-18-5-4-16-33(35)34-17-6-7-19-36(34)44(37)30-32)54-51(53-49)55-45-26-10-8-20-38(45)40-22-12-23-41(47(40)55)43-25-13-24-42-39-21-9-11-27-46(39)56-48(42)43/h1-30H/i8D,9D,10D,11D,12D,13D,20D,21D,22D,23D,24D,25D,26D,27D. The average molecular weight is 745 g/mol. The minimum absolute atomic E-state index is 0.0218. The summed E-state index contributed by atoms with van der Waals surface area (Å²) < 4.78 is 129. The Balaban J connectivity index is 1.28. The Morgan fingerprint density at radius 1 is 0.429 bits per heavy atom. The molecule has 0 spiro atoms. The molecule has 0 aliphatic rings. The molecule has 0 amide bonds. The van der Waals surface area contributed by atoms with Crippen molar-refractivity contribution in [3.05, 3.63) is 182 Å². The lowest BCUT2D eigenvalue weighted by Gasteiger charge is -2.14. The highest BCUT2D eigenvalue weighted by Crippen LogP contribution is 2.44. The van der Waals surface area contributed by atoms with Crippen molar-refractivity contribution in [2.24, 2.45) is 0 Å². The third kappa shape index (κ3) is 4.62. The van der Waals surface area contributed by atoms with E-state index in [2.05, 4.69) is 18.2 Å². The number of benzene rings is 9. The molecule has 9 aromatic carbocycles. The number of rotatable bonds is 4. The third-order valence-corrected chi connectivity index (χ3v) is 11.4. The second kappa shape index (κ2) is 12.2. The van der Waals surface area contributed by atoms with E-state index < -0.39 is 84.6 Å². The van der Waals surface area contributed by atoms with Crippen molar-refractivity contribution in [2.75, 3.05) is 0 Å². The minimum Gasteiger partial charge on any atom is -0.277 e. The van der Waals surface area contributed by atoms with Gasteiger partial charge in [-0.25, -0.2) is 4.98 Å². The summed E-state index contributed by atoms with van der Waals surface area (Å²) in [6.45, 7) is 0. The minimum atomic E-state index is -0.675. The number of hydrogen-bond acceptors (Lipinski definition) is 4.